The van der Waals surface area contributed by atoms with Crippen LogP contribution in [0, 0.1) is 18.6 Å². The Balaban J connectivity index is 1.89. The number of amides is 1. The van der Waals surface area contributed by atoms with Crippen LogP contribution in [0.1, 0.15) is 5.56 Å². The molecule has 9 heteroatoms. The Morgan fingerprint density at radius 3 is 2.62 bits per heavy atom. The molecular formula is C17H16F2N2O4S. The van der Waals surface area contributed by atoms with Gasteiger partial charge in [0.05, 0.1) is 24.2 Å². The van der Waals surface area contributed by atoms with Crippen molar-refractivity contribution in [3.63, 3.8) is 0 Å². The molecule has 3 rings (SSSR count). The molecular weight excluding hydrogens is 366 g/mol. The quantitative estimate of drug-likeness (QED) is 0.885. The van der Waals surface area contributed by atoms with Crippen LogP contribution in [0.4, 0.5) is 20.2 Å². The number of nitrogens with zero attached hydrogens (tertiary/aromatic N) is 1. The van der Waals surface area contributed by atoms with Gasteiger partial charge in [0.15, 0.2) is 6.10 Å². The van der Waals surface area contributed by atoms with Gasteiger partial charge in [0.2, 0.25) is 10.0 Å². The fourth-order valence-corrected chi connectivity index (χ4v) is 3.52. The van der Waals surface area contributed by atoms with Crippen LogP contribution in [-0.2, 0) is 14.8 Å². The summed E-state index contributed by atoms with van der Waals surface area (Å²) in [5.74, 6) is -2.23. The summed E-state index contributed by atoms with van der Waals surface area (Å²) in [6, 6.07) is 7.65. The van der Waals surface area contributed by atoms with Gasteiger partial charge in [-0.1, -0.05) is 6.07 Å². The van der Waals surface area contributed by atoms with Gasteiger partial charge >= 0.3 is 0 Å². The third-order valence-electron chi connectivity index (χ3n) is 3.87. The van der Waals surface area contributed by atoms with Crippen LogP contribution >= 0.6 is 0 Å². The molecule has 0 fully saturated rings. The van der Waals surface area contributed by atoms with E-state index in [1.807, 2.05) is 0 Å². The van der Waals surface area contributed by atoms with Crippen LogP contribution in [0.5, 0.6) is 5.75 Å². The van der Waals surface area contributed by atoms with E-state index in [9.17, 15) is 22.0 Å². The molecule has 0 saturated heterocycles. The smallest absolute Gasteiger partial charge is 0.267 e. The monoisotopic (exact) mass is 382 g/mol. The van der Waals surface area contributed by atoms with Gasteiger partial charge in [-0.25, -0.2) is 17.2 Å². The lowest BCUT2D eigenvalue weighted by Crippen LogP contribution is -2.48. The third-order valence-corrected chi connectivity index (χ3v) is 5.01. The van der Waals surface area contributed by atoms with Crippen LogP contribution in [-0.4, -0.2) is 33.2 Å². The second kappa shape index (κ2) is 6.56. The molecule has 0 radical (unpaired) electrons. The largest absolute Gasteiger partial charge is 0.476 e. The van der Waals surface area contributed by atoms with Crippen LogP contribution < -0.4 is 14.4 Å². The summed E-state index contributed by atoms with van der Waals surface area (Å²) in [7, 11) is -3.66. The van der Waals surface area contributed by atoms with Gasteiger partial charge in [-0.15, -0.1) is 0 Å². The van der Waals surface area contributed by atoms with E-state index in [1.54, 1.807) is 25.1 Å². The minimum Gasteiger partial charge on any atom is -0.476 e. The lowest BCUT2D eigenvalue weighted by atomic mass is 10.1. The number of hydrogen-bond acceptors (Lipinski definition) is 4. The maximum Gasteiger partial charge on any atom is 0.267 e. The number of ether oxygens (including phenoxy) is 1. The summed E-state index contributed by atoms with van der Waals surface area (Å²) < 4.78 is 57.6. The lowest BCUT2D eigenvalue weighted by molar-refractivity contribution is -0.122. The Kier molecular flexibility index (Phi) is 4.57. The van der Waals surface area contributed by atoms with Crippen molar-refractivity contribution in [2.75, 3.05) is 22.4 Å². The number of halogens is 2. The van der Waals surface area contributed by atoms with Gasteiger partial charge in [-0.3, -0.25) is 9.10 Å². The average molecular weight is 382 g/mol. The van der Waals surface area contributed by atoms with Crippen LogP contribution in [0.2, 0.25) is 0 Å². The fraction of sp³-hybridized carbons (Fsp3) is 0.235. The number of hydrogen-bond donors (Lipinski definition) is 1. The number of anilines is 2. The maximum atomic E-state index is 13.7. The van der Waals surface area contributed by atoms with Crippen molar-refractivity contribution in [3.05, 3.63) is 53.6 Å². The predicted octanol–water partition coefficient (Wildman–Crippen LogP) is 2.44. The second-order valence-electron chi connectivity index (χ2n) is 5.99. The number of aryl methyl sites for hydroxylation is 1. The highest BCUT2D eigenvalue weighted by Crippen LogP contribution is 2.36. The highest BCUT2D eigenvalue weighted by atomic mass is 32.2. The van der Waals surface area contributed by atoms with Crippen LogP contribution in [0.25, 0.3) is 0 Å². The number of carbonyl (C=O) groups is 1. The highest BCUT2D eigenvalue weighted by molar-refractivity contribution is 7.92. The summed E-state index contributed by atoms with van der Waals surface area (Å²) in [6.45, 7) is 1.54. The van der Waals surface area contributed by atoms with Gasteiger partial charge in [0.1, 0.15) is 17.4 Å². The lowest BCUT2D eigenvalue weighted by Gasteiger charge is -2.34. The first kappa shape index (κ1) is 18.1. The van der Waals surface area contributed by atoms with Crippen LogP contribution in [0.15, 0.2) is 36.4 Å². The standard InChI is InChI=1S/C17H16F2N2O4S/c1-10-3-6-15-14(7-10)21(26(2,23)24)9-16(25-15)17(22)20-13-5-4-11(18)8-12(13)19/h3-8,16H,9H2,1-2H3,(H,20,22)/t16-/m1/s1. The number of nitrogens with one attached hydrogen (secondary N) is 1. The SMILES string of the molecule is Cc1ccc2c(c1)N(S(C)(=O)=O)C[C@H](C(=O)Nc1ccc(F)cc1F)O2. The van der Waals surface area contributed by atoms with E-state index in [1.165, 1.54) is 0 Å². The van der Waals surface area contributed by atoms with Crippen molar-refractivity contribution < 1.29 is 26.7 Å². The molecule has 1 atom stereocenters. The van der Waals surface area contributed by atoms with E-state index in [0.717, 1.165) is 28.3 Å². The zero-order valence-electron chi connectivity index (χ0n) is 14.0. The van der Waals surface area contributed by atoms with E-state index in [2.05, 4.69) is 5.32 Å². The molecule has 0 aliphatic carbocycles. The van der Waals surface area contributed by atoms with Crippen molar-refractivity contribution in [2.45, 2.75) is 13.0 Å². The first-order valence-corrected chi connectivity index (χ1v) is 9.51. The molecule has 1 heterocycles. The normalized spacial score (nSPS) is 16.6. The zero-order chi connectivity index (χ0) is 19.1. The van der Waals surface area contributed by atoms with E-state index in [4.69, 9.17) is 4.74 Å². The van der Waals surface area contributed by atoms with Crippen molar-refractivity contribution in [1.82, 2.24) is 0 Å². The Morgan fingerprint density at radius 2 is 1.96 bits per heavy atom. The van der Waals surface area contributed by atoms with Gasteiger partial charge in [0.25, 0.3) is 5.91 Å². The second-order valence-corrected chi connectivity index (χ2v) is 7.89. The van der Waals surface area contributed by atoms with Crippen molar-refractivity contribution in [1.29, 1.82) is 0 Å². The molecule has 0 aromatic heterocycles. The molecule has 0 saturated carbocycles. The molecule has 1 N–H and O–H groups in total. The van der Waals surface area contributed by atoms with Crippen LogP contribution in [0.3, 0.4) is 0 Å². The van der Waals surface area contributed by atoms with Crippen molar-refractivity contribution in [2.24, 2.45) is 0 Å². The molecule has 138 valence electrons. The molecule has 0 spiro atoms. The molecule has 1 amide bonds. The summed E-state index contributed by atoms with van der Waals surface area (Å²) in [4.78, 5) is 12.4. The Labute approximate surface area is 149 Å². The fourth-order valence-electron chi connectivity index (χ4n) is 2.62. The molecule has 0 unspecified atom stereocenters. The van der Waals surface area contributed by atoms with Gasteiger partial charge < -0.3 is 10.1 Å². The minimum atomic E-state index is -3.66. The summed E-state index contributed by atoms with van der Waals surface area (Å²) in [5.41, 5.74) is 0.947. The molecule has 2 aromatic carbocycles. The topological polar surface area (TPSA) is 75.7 Å². The Bertz CT molecular complexity index is 979. The average Bonchev–Trinajstić information content (AvgIpc) is 2.55. The first-order valence-electron chi connectivity index (χ1n) is 7.66. The number of rotatable bonds is 3. The van der Waals surface area contributed by atoms with Crippen molar-refractivity contribution in [3.8, 4) is 5.75 Å². The van der Waals surface area contributed by atoms with E-state index >= 15 is 0 Å². The van der Waals surface area contributed by atoms with Gasteiger partial charge in [-0.05, 0) is 36.8 Å². The molecule has 6 nitrogen and oxygen atoms in total. The number of sulfonamides is 1. The number of carbonyl (C=O) groups excluding carboxylic acids is 1. The zero-order valence-corrected chi connectivity index (χ0v) is 14.8. The van der Waals surface area contributed by atoms with Gasteiger partial charge in [0, 0.05) is 6.07 Å². The molecule has 1 aliphatic rings. The number of benzene rings is 2. The summed E-state index contributed by atoms with van der Waals surface area (Å²) in [6.07, 6.45) is -0.164. The summed E-state index contributed by atoms with van der Waals surface area (Å²) >= 11 is 0. The predicted molar refractivity (Wildman–Crippen MR) is 92.8 cm³/mol. The third kappa shape index (κ3) is 3.62. The van der Waals surface area contributed by atoms with Gasteiger partial charge in [-0.2, -0.15) is 0 Å². The van der Waals surface area contributed by atoms with E-state index in [0.29, 0.717) is 11.8 Å². The number of fused-ring (bicyclic) bond motifs is 1. The first-order chi connectivity index (χ1) is 12.1. The molecule has 1 aliphatic heterocycles. The Morgan fingerprint density at radius 1 is 1.23 bits per heavy atom. The molecule has 0 bridgehead atoms. The summed E-state index contributed by atoms with van der Waals surface area (Å²) in [5, 5.41) is 2.29. The van der Waals surface area contributed by atoms with E-state index < -0.39 is 33.7 Å². The Hall–Kier alpha value is -2.68. The minimum absolute atomic E-state index is 0.222. The molecule has 26 heavy (non-hydrogen) atoms. The molecule has 2 aromatic rings. The van der Waals surface area contributed by atoms with Crippen molar-refractivity contribution >= 4 is 27.3 Å². The maximum absolute atomic E-state index is 13.7. The van der Waals surface area contributed by atoms with E-state index in [-0.39, 0.29) is 18.0 Å². The highest BCUT2D eigenvalue weighted by Gasteiger charge is 2.35.